The van der Waals surface area contributed by atoms with Crippen LogP contribution in [0.5, 0.6) is 0 Å². The summed E-state index contributed by atoms with van der Waals surface area (Å²) in [6.07, 6.45) is 0. The number of rotatable bonds is 3. The highest BCUT2D eigenvalue weighted by molar-refractivity contribution is 6.35. The summed E-state index contributed by atoms with van der Waals surface area (Å²) in [6.45, 7) is 0. The molecule has 0 saturated heterocycles. The zero-order valence-electron chi connectivity index (χ0n) is 14.1. The van der Waals surface area contributed by atoms with Crippen molar-refractivity contribution in [1.29, 1.82) is 0 Å². The fraction of sp³-hybridized carbons (Fsp3) is 0. The zero-order chi connectivity index (χ0) is 20.0. The number of halogens is 2. The summed E-state index contributed by atoms with van der Waals surface area (Å²) in [4.78, 5) is 38.0. The summed E-state index contributed by atoms with van der Waals surface area (Å²) in [6, 6.07) is 14.5. The molecule has 5 nitrogen and oxygen atoms in total. The molecule has 0 fully saturated rings. The highest BCUT2D eigenvalue weighted by Gasteiger charge is 2.38. The van der Waals surface area contributed by atoms with E-state index in [4.69, 9.17) is 11.6 Å². The van der Waals surface area contributed by atoms with Crippen LogP contribution in [0.4, 0.5) is 10.1 Å². The Balaban J connectivity index is 1.88. The van der Waals surface area contributed by atoms with E-state index in [0.717, 1.165) is 4.90 Å². The number of carbonyl (C=O) groups is 3. The van der Waals surface area contributed by atoms with Crippen LogP contribution in [0, 0.1) is 5.82 Å². The standard InChI is InChI=1S/C21H11ClFNO4/c22-16-8-6-11(9-17(16)23)12-5-7-15(21(27)28)18(10-12)24-19(25)13-3-1-2-4-14(13)20(24)26/h1-10H,(H,27,28). The van der Waals surface area contributed by atoms with Crippen LogP contribution in [0.3, 0.4) is 0 Å². The summed E-state index contributed by atoms with van der Waals surface area (Å²) in [7, 11) is 0. The van der Waals surface area contributed by atoms with Crippen molar-refractivity contribution in [2.45, 2.75) is 0 Å². The molecule has 1 aliphatic heterocycles. The highest BCUT2D eigenvalue weighted by atomic mass is 35.5. The van der Waals surface area contributed by atoms with E-state index in [0.29, 0.717) is 11.1 Å². The lowest BCUT2D eigenvalue weighted by Crippen LogP contribution is -2.31. The molecule has 1 aliphatic rings. The molecular weight excluding hydrogens is 385 g/mol. The molecule has 28 heavy (non-hydrogen) atoms. The van der Waals surface area contributed by atoms with Gasteiger partial charge in [-0.25, -0.2) is 14.1 Å². The number of carbonyl (C=O) groups excluding carboxylic acids is 2. The third kappa shape index (κ3) is 2.75. The summed E-state index contributed by atoms with van der Waals surface area (Å²) in [5.74, 6) is -3.14. The van der Waals surface area contributed by atoms with Gasteiger partial charge in [0, 0.05) is 0 Å². The van der Waals surface area contributed by atoms with Crippen molar-refractivity contribution in [2.75, 3.05) is 4.90 Å². The molecule has 0 radical (unpaired) electrons. The monoisotopic (exact) mass is 395 g/mol. The van der Waals surface area contributed by atoms with Crippen LogP contribution in [0.2, 0.25) is 5.02 Å². The average molecular weight is 396 g/mol. The normalized spacial score (nSPS) is 13.0. The van der Waals surface area contributed by atoms with Gasteiger partial charge in [-0.1, -0.05) is 35.9 Å². The maximum absolute atomic E-state index is 13.8. The smallest absolute Gasteiger partial charge is 0.337 e. The number of fused-ring (bicyclic) bond motifs is 1. The van der Waals surface area contributed by atoms with Gasteiger partial charge < -0.3 is 5.11 Å². The lowest BCUT2D eigenvalue weighted by atomic mass is 10.0. The molecular formula is C21H11ClFNO4. The number of amides is 2. The Kier molecular flexibility index (Phi) is 4.20. The van der Waals surface area contributed by atoms with E-state index < -0.39 is 23.6 Å². The zero-order valence-corrected chi connectivity index (χ0v) is 14.9. The Morgan fingerprint density at radius 2 is 1.46 bits per heavy atom. The molecule has 0 atom stereocenters. The second kappa shape index (κ2) is 6.58. The Hall–Kier alpha value is -3.51. The minimum Gasteiger partial charge on any atom is -0.478 e. The van der Waals surface area contributed by atoms with E-state index in [1.807, 2.05) is 0 Å². The van der Waals surface area contributed by atoms with E-state index in [-0.39, 0.29) is 27.4 Å². The van der Waals surface area contributed by atoms with Crippen LogP contribution in [0.1, 0.15) is 31.1 Å². The Labute approximate surface area is 163 Å². The first-order chi connectivity index (χ1) is 13.4. The molecule has 0 saturated carbocycles. The van der Waals surface area contributed by atoms with Gasteiger partial charge in [0.05, 0.1) is 27.4 Å². The molecule has 1 heterocycles. The van der Waals surface area contributed by atoms with E-state index in [1.165, 1.54) is 42.5 Å². The number of carboxylic acid groups (broad SMARTS) is 1. The number of benzene rings is 3. The number of hydrogen-bond acceptors (Lipinski definition) is 3. The summed E-state index contributed by atoms with van der Waals surface area (Å²) in [5, 5.41) is 9.48. The van der Waals surface area contributed by atoms with Gasteiger partial charge in [0.1, 0.15) is 5.82 Å². The number of nitrogens with zero attached hydrogens (tertiary/aromatic N) is 1. The Morgan fingerprint density at radius 1 is 0.893 bits per heavy atom. The van der Waals surface area contributed by atoms with E-state index >= 15 is 0 Å². The van der Waals surface area contributed by atoms with Gasteiger partial charge in [-0.3, -0.25) is 9.59 Å². The minimum absolute atomic E-state index is 0.0496. The fourth-order valence-electron chi connectivity index (χ4n) is 3.16. The van der Waals surface area contributed by atoms with Crippen molar-refractivity contribution >= 4 is 35.1 Å². The van der Waals surface area contributed by atoms with E-state index in [9.17, 15) is 23.9 Å². The van der Waals surface area contributed by atoms with Gasteiger partial charge in [0.25, 0.3) is 11.8 Å². The van der Waals surface area contributed by atoms with Crippen LogP contribution in [0.25, 0.3) is 11.1 Å². The quantitative estimate of drug-likeness (QED) is 0.655. The third-order valence-corrected chi connectivity index (χ3v) is 4.82. The van der Waals surface area contributed by atoms with Gasteiger partial charge in [0.2, 0.25) is 0 Å². The van der Waals surface area contributed by atoms with Gasteiger partial charge in [-0.15, -0.1) is 0 Å². The number of hydrogen-bond donors (Lipinski definition) is 1. The lowest BCUT2D eigenvalue weighted by molar-refractivity contribution is 0.0698. The maximum Gasteiger partial charge on any atom is 0.337 e. The van der Waals surface area contributed by atoms with E-state index in [1.54, 1.807) is 18.2 Å². The van der Waals surface area contributed by atoms with Crippen molar-refractivity contribution in [3.8, 4) is 11.1 Å². The van der Waals surface area contributed by atoms with Gasteiger partial charge in [0.15, 0.2) is 0 Å². The van der Waals surface area contributed by atoms with Crippen molar-refractivity contribution in [3.63, 3.8) is 0 Å². The molecule has 138 valence electrons. The first-order valence-electron chi connectivity index (χ1n) is 8.19. The van der Waals surface area contributed by atoms with Gasteiger partial charge in [-0.05, 0) is 47.5 Å². The number of anilines is 1. The minimum atomic E-state index is -1.29. The topological polar surface area (TPSA) is 74.7 Å². The van der Waals surface area contributed by atoms with Crippen molar-refractivity contribution < 1.29 is 23.9 Å². The third-order valence-electron chi connectivity index (χ3n) is 4.52. The molecule has 1 N–H and O–H groups in total. The molecule has 0 bridgehead atoms. The average Bonchev–Trinajstić information content (AvgIpc) is 2.94. The highest BCUT2D eigenvalue weighted by Crippen LogP contribution is 2.34. The van der Waals surface area contributed by atoms with Crippen molar-refractivity contribution in [1.82, 2.24) is 0 Å². The first kappa shape index (κ1) is 17.9. The molecule has 0 spiro atoms. The van der Waals surface area contributed by atoms with Crippen LogP contribution in [-0.4, -0.2) is 22.9 Å². The summed E-state index contributed by atoms with van der Waals surface area (Å²) in [5.41, 5.74) is 0.974. The van der Waals surface area contributed by atoms with Crippen LogP contribution in [0.15, 0.2) is 60.7 Å². The van der Waals surface area contributed by atoms with Crippen LogP contribution < -0.4 is 4.90 Å². The molecule has 0 aliphatic carbocycles. The predicted octanol–water partition coefficient (Wildman–Crippen LogP) is 4.64. The van der Waals surface area contributed by atoms with Crippen LogP contribution >= 0.6 is 11.6 Å². The molecule has 4 rings (SSSR count). The fourth-order valence-corrected chi connectivity index (χ4v) is 3.28. The Morgan fingerprint density at radius 3 is 2.04 bits per heavy atom. The second-order valence-electron chi connectivity index (χ2n) is 6.16. The van der Waals surface area contributed by atoms with Crippen LogP contribution in [-0.2, 0) is 0 Å². The number of aromatic carboxylic acids is 1. The summed E-state index contributed by atoms with van der Waals surface area (Å²) < 4.78 is 13.8. The van der Waals surface area contributed by atoms with Gasteiger partial charge >= 0.3 is 5.97 Å². The number of imide groups is 1. The van der Waals surface area contributed by atoms with Crippen molar-refractivity contribution in [3.05, 3.63) is 88.2 Å². The molecule has 0 aromatic heterocycles. The first-order valence-corrected chi connectivity index (χ1v) is 8.57. The Bertz CT molecular complexity index is 1140. The van der Waals surface area contributed by atoms with Gasteiger partial charge in [-0.2, -0.15) is 0 Å². The molecule has 2 amide bonds. The molecule has 3 aromatic carbocycles. The van der Waals surface area contributed by atoms with E-state index in [2.05, 4.69) is 0 Å². The maximum atomic E-state index is 13.8. The SMILES string of the molecule is O=C(O)c1ccc(-c2ccc(Cl)c(F)c2)cc1N1C(=O)c2ccccc2C1=O. The largest absolute Gasteiger partial charge is 0.478 e. The molecule has 0 unspecified atom stereocenters. The lowest BCUT2D eigenvalue weighted by Gasteiger charge is -2.18. The predicted molar refractivity (Wildman–Crippen MR) is 101 cm³/mol. The van der Waals surface area contributed by atoms with Crippen molar-refractivity contribution in [2.24, 2.45) is 0 Å². The number of carboxylic acids is 1. The molecule has 7 heteroatoms. The second-order valence-corrected chi connectivity index (χ2v) is 6.56. The summed E-state index contributed by atoms with van der Waals surface area (Å²) >= 11 is 5.71. The molecule has 3 aromatic rings.